The van der Waals surface area contributed by atoms with E-state index in [-0.39, 0.29) is 23.0 Å². The van der Waals surface area contributed by atoms with E-state index in [0.717, 1.165) is 11.1 Å². The van der Waals surface area contributed by atoms with Crippen molar-refractivity contribution in [2.45, 2.75) is 11.5 Å². The molecule has 4 aromatic carbocycles. The first-order valence-electron chi connectivity index (χ1n) is 9.77. The fraction of sp³-hybridized carbons (Fsp3) is 0.0769. The van der Waals surface area contributed by atoms with Crippen LogP contribution in [-0.4, -0.2) is 25.5 Å². The van der Waals surface area contributed by atoms with E-state index in [0.29, 0.717) is 11.1 Å². The molecule has 5 heteroatoms. The van der Waals surface area contributed by atoms with Gasteiger partial charge in [0.25, 0.3) is 0 Å². The fourth-order valence-electron chi connectivity index (χ4n) is 3.94. The summed E-state index contributed by atoms with van der Waals surface area (Å²) in [5.74, 6) is -0.287. The van der Waals surface area contributed by atoms with Crippen molar-refractivity contribution in [3.63, 3.8) is 0 Å². The van der Waals surface area contributed by atoms with Crippen LogP contribution in [0.1, 0.15) is 28.2 Å². The standard InChI is InChI=1S/C26H22O5/c27-21-9-1-17(2-10-21)25(18-3-11-22(28)12-4-18)26(31,19-5-13-23(29)14-6-19)20-7-15-24(30)16-8-20/h1-16,25,27-31H. The number of hydrogen-bond donors (Lipinski definition) is 5. The van der Waals surface area contributed by atoms with Crippen molar-refractivity contribution in [1.82, 2.24) is 0 Å². The molecule has 0 aromatic heterocycles. The van der Waals surface area contributed by atoms with Gasteiger partial charge in [0.1, 0.15) is 28.6 Å². The Morgan fingerprint density at radius 1 is 0.419 bits per heavy atom. The molecule has 156 valence electrons. The topological polar surface area (TPSA) is 101 Å². The van der Waals surface area contributed by atoms with Gasteiger partial charge in [0.2, 0.25) is 0 Å². The second-order valence-electron chi connectivity index (χ2n) is 7.48. The van der Waals surface area contributed by atoms with E-state index in [1.165, 1.54) is 24.3 Å². The summed E-state index contributed by atoms with van der Waals surface area (Å²) < 4.78 is 0. The van der Waals surface area contributed by atoms with Crippen molar-refractivity contribution < 1.29 is 25.5 Å². The van der Waals surface area contributed by atoms with Crippen LogP contribution in [0.2, 0.25) is 0 Å². The van der Waals surface area contributed by atoms with Crippen LogP contribution in [0.25, 0.3) is 0 Å². The summed E-state index contributed by atoms with van der Waals surface area (Å²) in [4.78, 5) is 0. The maximum absolute atomic E-state index is 12.4. The van der Waals surface area contributed by atoms with Crippen LogP contribution in [0.5, 0.6) is 23.0 Å². The molecule has 5 nitrogen and oxygen atoms in total. The summed E-state index contributed by atoms with van der Waals surface area (Å²) in [7, 11) is 0. The molecule has 0 fully saturated rings. The predicted octanol–water partition coefficient (Wildman–Crippen LogP) is 4.58. The molecular weight excluding hydrogens is 392 g/mol. The largest absolute Gasteiger partial charge is 0.508 e. The highest BCUT2D eigenvalue weighted by atomic mass is 16.3. The average molecular weight is 414 g/mol. The van der Waals surface area contributed by atoms with E-state index in [1.807, 2.05) is 0 Å². The van der Waals surface area contributed by atoms with E-state index < -0.39 is 11.5 Å². The van der Waals surface area contributed by atoms with E-state index in [4.69, 9.17) is 0 Å². The molecule has 31 heavy (non-hydrogen) atoms. The predicted molar refractivity (Wildman–Crippen MR) is 117 cm³/mol. The Labute approximate surface area is 179 Å². The Balaban J connectivity index is 2.01. The number of phenols is 4. The highest BCUT2D eigenvalue weighted by Gasteiger charge is 2.42. The smallest absolute Gasteiger partial charge is 0.125 e. The Morgan fingerprint density at radius 2 is 0.677 bits per heavy atom. The van der Waals surface area contributed by atoms with Gasteiger partial charge in [0, 0.05) is 5.92 Å². The first-order chi connectivity index (χ1) is 14.9. The van der Waals surface area contributed by atoms with Gasteiger partial charge < -0.3 is 25.5 Å². The zero-order chi connectivity index (χ0) is 22.0. The molecule has 0 saturated carbocycles. The van der Waals surface area contributed by atoms with Crippen LogP contribution >= 0.6 is 0 Å². The highest BCUT2D eigenvalue weighted by molar-refractivity contribution is 5.50. The SMILES string of the molecule is Oc1ccc(C(c2ccc(O)cc2)C(O)(c2ccc(O)cc2)c2ccc(O)cc2)cc1. The second-order valence-corrected chi connectivity index (χ2v) is 7.48. The van der Waals surface area contributed by atoms with Gasteiger partial charge in [-0.25, -0.2) is 0 Å². The molecule has 0 radical (unpaired) electrons. The molecular formula is C26H22O5. The van der Waals surface area contributed by atoms with Gasteiger partial charge in [-0.15, -0.1) is 0 Å². The Morgan fingerprint density at radius 3 is 0.968 bits per heavy atom. The zero-order valence-corrected chi connectivity index (χ0v) is 16.6. The average Bonchev–Trinajstić information content (AvgIpc) is 2.77. The van der Waals surface area contributed by atoms with Crippen LogP contribution in [0.3, 0.4) is 0 Å². The van der Waals surface area contributed by atoms with Crippen LogP contribution < -0.4 is 0 Å². The number of aromatic hydroxyl groups is 4. The first kappa shape index (κ1) is 20.3. The summed E-state index contributed by atoms with van der Waals surface area (Å²) in [5.41, 5.74) is 0.915. The molecule has 0 amide bonds. The minimum Gasteiger partial charge on any atom is -0.508 e. The van der Waals surface area contributed by atoms with Crippen LogP contribution in [0.15, 0.2) is 97.1 Å². The van der Waals surface area contributed by atoms with Gasteiger partial charge in [-0.2, -0.15) is 0 Å². The van der Waals surface area contributed by atoms with Crippen LogP contribution in [-0.2, 0) is 5.60 Å². The van der Waals surface area contributed by atoms with Gasteiger partial charge in [0.05, 0.1) is 0 Å². The van der Waals surface area contributed by atoms with Crippen molar-refractivity contribution in [3.05, 3.63) is 119 Å². The Kier molecular flexibility index (Phi) is 5.28. The lowest BCUT2D eigenvalue weighted by Crippen LogP contribution is -2.35. The highest BCUT2D eigenvalue weighted by Crippen LogP contribution is 2.47. The maximum atomic E-state index is 12.4. The fourth-order valence-corrected chi connectivity index (χ4v) is 3.94. The van der Waals surface area contributed by atoms with Crippen molar-refractivity contribution in [3.8, 4) is 23.0 Å². The normalized spacial score (nSPS) is 11.5. The molecule has 0 unspecified atom stereocenters. The number of phenolic OH excluding ortho intramolecular Hbond substituents is 4. The Bertz CT molecular complexity index is 1060. The van der Waals surface area contributed by atoms with E-state index >= 15 is 0 Å². The molecule has 4 aromatic rings. The third kappa shape index (κ3) is 3.91. The van der Waals surface area contributed by atoms with E-state index in [1.54, 1.807) is 72.8 Å². The number of hydrogen-bond acceptors (Lipinski definition) is 5. The maximum Gasteiger partial charge on any atom is 0.125 e. The zero-order valence-electron chi connectivity index (χ0n) is 16.6. The summed E-state index contributed by atoms with van der Waals surface area (Å²) in [5, 5.41) is 51.5. The van der Waals surface area contributed by atoms with Crippen molar-refractivity contribution in [1.29, 1.82) is 0 Å². The molecule has 5 N–H and O–H groups in total. The van der Waals surface area contributed by atoms with E-state index in [2.05, 4.69) is 0 Å². The lowest BCUT2D eigenvalue weighted by molar-refractivity contribution is 0.0624. The summed E-state index contributed by atoms with van der Waals surface area (Å²) >= 11 is 0. The quantitative estimate of drug-likeness (QED) is 0.329. The van der Waals surface area contributed by atoms with Crippen molar-refractivity contribution in [2.75, 3.05) is 0 Å². The molecule has 0 aliphatic heterocycles. The lowest BCUT2D eigenvalue weighted by Gasteiger charge is -2.38. The van der Waals surface area contributed by atoms with E-state index in [9.17, 15) is 25.5 Å². The molecule has 0 aliphatic rings. The van der Waals surface area contributed by atoms with Crippen molar-refractivity contribution in [2.24, 2.45) is 0 Å². The molecule has 0 heterocycles. The first-order valence-corrected chi connectivity index (χ1v) is 9.77. The summed E-state index contributed by atoms with van der Waals surface area (Å²) in [6.45, 7) is 0. The monoisotopic (exact) mass is 414 g/mol. The van der Waals surface area contributed by atoms with Crippen LogP contribution in [0.4, 0.5) is 0 Å². The van der Waals surface area contributed by atoms with Gasteiger partial charge in [-0.3, -0.25) is 0 Å². The second kappa shape index (κ2) is 8.05. The number of benzene rings is 4. The van der Waals surface area contributed by atoms with Gasteiger partial charge in [-0.1, -0.05) is 48.5 Å². The third-order valence-corrected chi connectivity index (χ3v) is 5.49. The minimum atomic E-state index is -1.60. The van der Waals surface area contributed by atoms with Crippen LogP contribution in [0, 0.1) is 0 Å². The number of aliphatic hydroxyl groups is 1. The summed E-state index contributed by atoms with van der Waals surface area (Å²) in [6, 6.07) is 25.8. The minimum absolute atomic E-state index is 0.0719. The Hall–Kier alpha value is -3.96. The molecule has 0 bridgehead atoms. The number of rotatable bonds is 5. The molecule has 0 aliphatic carbocycles. The third-order valence-electron chi connectivity index (χ3n) is 5.49. The molecule has 0 spiro atoms. The van der Waals surface area contributed by atoms with Gasteiger partial charge in [0.15, 0.2) is 0 Å². The summed E-state index contributed by atoms with van der Waals surface area (Å²) in [6.07, 6.45) is 0. The molecule has 0 saturated heterocycles. The van der Waals surface area contributed by atoms with Crippen molar-refractivity contribution >= 4 is 0 Å². The lowest BCUT2D eigenvalue weighted by atomic mass is 9.70. The molecule has 4 rings (SSSR count). The van der Waals surface area contributed by atoms with Gasteiger partial charge >= 0.3 is 0 Å². The molecule has 0 atom stereocenters. The van der Waals surface area contributed by atoms with Gasteiger partial charge in [-0.05, 0) is 70.8 Å².